The average Bonchev–Trinajstić information content (AvgIpc) is 3.06. The van der Waals surface area contributed by atoms with E-state index in [1.165, 1.54) is 0 Å². The van der Waals surface area contributed by atoms with Crippen molar-refractivity contribution in [2.45, 2.75) is 19.9 Å². The summed E-state index contributed by atoms with van der Waals surface area (Å²) in [5.41, 5.74) is 2.49. The van der Waals surface area contributed by atoms with Crippen molar-refractivity contribution in [3.05, 3.63) is 63.2 Å². The molecule has 3 aromatic rings. The fourth-order valence-corrected chi connectivity index (χ4v) is 3.62. The molecule has 0 N–H and O–H groups in total. The zero-order chi connectivity index (χ0) is 19.0. The van der Waals surface area contributed by atoms with E-state index in [0.29, 0.717) is 46.4 Å². The number of hydrogen-bond acceptors (Lipinski definition) is 4. The standard InChI is InChI=1S/C21H19ClN2O3/c1-3-27-18-6-4-5-13(19(18)26-2)11-14-9-10-24-20(14)23-17-8-7-15(22)12-16(17)21(24)25/h4-8,11-12H,3,9-10H2,1-2H3. The van der Waals surface area contributed by atoms with Crippen molar-refractivity contribution in [2.24, 2.45) is 0 Å². The molecule has 0 fully saturated rings. The topological polar surface area (TPSA) is 53.4 Å². The first-order valence-corrected chi connectivity index (χ1v) is 9.21. The molecule has 27 heavy (non-hydrogen) atoms. The summed E-state index contributed by atoms with van der Waals surface area (Å²) in [6.45, 7) is 3.10. The van der Waals surface area contributed by atoms with Crippen LogP contribution >= 0.6 is 11.6 Å². The van der Waals surface area contributed by atoms with Gasteiger partial charge in [-0.3, -0.25) is 9.36 Å². The summed E-state index contributed by atoms with van der Waals surface area (Å²) in [7, 11) is 1.63. The lowest BCUT2D eigenvalue weighted by Crippen LogP contribution is -2.20. The Morgan fingerprint density at radius 2 is 2.15 bits per heavy atom. The second-order valence-electron chi connectivity index (χ2n) is 6.28. The van der Waals surface area contributed by atoms with Crippen molar-refractivity contribution in [2.75, 3.05) is 13.7 Å². The van der Waals surface area contributed by atoms with E-state index in [0.717, 1.165) is 17.6 Å². The third kappa shape index (κ3) is 3.08. The second kappa shape index (κ2) is 7.08. The summed E-state index contributed by atoms with van der Waals surface area (Å²) < 4.78 is 12.9. The van der Waals surface area contributed by atoms with Crippen LogP contribution in [0.5, 0.6) is 11.5 Å². The zero-order valence-electron chi connectivity index (χ0n) is 15.2. The minimum Gasteiger partial charge on any atom is -0.492 e. The zero-order valence-corrected chi connectivity index (χ0v) is 15.9. The van der Waals surface area contributed by atoms with Gasteiger partial charge in [-0.25, -0.2) is 4.98 Å². The predicted octanol–water partition coefficient (Wildman–Crippen LogP) is 4.40. The summed E-state index contributed by atoms with van der Waals surface area (Å²) in [6, 6.07) is 11.0. The highest BCUT2D eigenvalue weighted by atomic mass is 35.5. The van der Waals surface area contributed by atoms with Crippen molar-refractivity contribution in [3.63, 3.8) is 0 Å². The van der Waals surface area contributed by atoms with Gasteiger partial charge >= 0.3 is 0 Å². The SMILES string of the molecule is CCOc1cccc(C=C2CCn3c2nc2ccc(Cl)cc2c3=O)c1OC. The molecule has 0 unspecified atom stereocenters. The molecule has 0 aliphatic carbocycles. The highest BCUT2D eigenvalue weighted by molar-refractivity contribution is 6.31. The van der Waals surface area contributed by atoms with E-state index in [-0.39, 0.29) is 5.56 Å². The Balaban J connectivity index is 1.86. The van der Waals surface area contributed by atoms with Gasteiger partial charge in [-0.15, -0.1) is 0 Å². The lowest BCUT2D eigenvalue weighted by Gasteiger charge is -2.12. The van der Waals surface area contributed by atoms with E-state index in [9.17, 15) is 4.79 Å². The van der Waals surface area contributed by atoms with Crippen LogP contribution in [0, 0.1) is 0 Å². The molecule has 4 rings (SSSR count). The summed E-state index contributed by atoms with van der Waals surface area (Å²) in [5.74, 6) is 2.07. The number of nitrogens with zero attached hydrogens (tertiary/aromatic N) is 2. The number of para-hydroxylation sites is 1. The Labute approximate surface area is 161 Å². The fourth-order valence-electron chi connectivity index (χ4n) is 3.45. The van der Waals surface area contributed by atoms with Gasteiger partial charge < -0.3 is 9.47 Å². The maximum atomic E-state index is 12.8. The quantitative estimate of drug-likeness (QED) is 0.671. The summed E-state index contributed by atoms with van der Waals surface area (Å²) >= 11 is 6.04. The third-order valence-corrected chi connectivity index (χ3v) is 4.89. The molecule has 6 heteroatoms. The maximum absolute atomic E-state index is 12.8. The number of benzene rings is 2. The largest absolute Gasteiger partial charge is 0.492 e. The molecule has 1 aromatic heterocycles. The Morgan fingerprint density at radius 3 is 2.93 bits per heavy atom. The van der Waals surface area contributed by atoms with Gasteiger partial charge in [0, 0.05) is 17.1 Å². The van der Waals surface area contributed by atoms with Gasteiger partial charge in [-0.1, -0.05) is 23.7 Å². The minimum absolute atomic E-state index is 0.0593. The van der Waals surface area contributed by atoms with Gasteiger partial charge in [0.05, 0.1) is 24.6 Å². The van der Waals surface area contributed by atoms with Gasteiger partial charge in [0.1, 0.15) is 5.82 Å². The Bertz CT molecular complexity index is 1120. The monoisotopic (exact) mass is 382 g/mol. The van der Waals surface area contributed by atoms with Crippen LogP contribution in [0.1, 0.15) is 24.7 Å². The van der Waals surface area contributed by atoms with Crippen molar-refractivity contribution in [1.82, 2.24) is 9.55 Å². The Morgan fingerprint density at radius 1 is 1.30 bits per heavy atom. The summed E-state index contributed by atoms with van der Waals surface area (Å²) in [5, 5.41) is 1.08. The van der Waals surface area contributed by atoms with E-state index < -0.39 is 0 Å². The molecule has 0 spiro atoms. The Hall–Kier alpha value is -2.79. The van der Waals surface area contributed by atoms with E-state index >= 15 is 0 Å². The smallest absolute Gasteiger partial charge is 0.261 e. The van der Waals surface area contributed by atoms with Gasteiger partial charge in [0.2, 0.25) is 0 Å². The molecular weight excluding hydrogens is 364 g/mol. The molecule has 0 atom stereocenters. The predicted molar refractivity (Wildman–Crippen MR) is 108 cm³/mol. The number of ether oxygens (including phenoxy) is 2. The molecule has 5 nitrogen and oxygen atoms in total. The first kappa shape index (κ1) is 17.6. The highest BCUT2D eigenvalue weighted by Gasteiger charge is 2.22. The fraction of sp³-hybridized carbons (Fsp3) is 0.238. The first-order valence-electron chi connectivity index (χ1n) is 8.83. The lowest BCUT2D eigenvalue weighted by molar-refractivity contribution is 0.310. The van der Waals surface area contributed by atoms with Crippen LogP contribution in [0.25, 0.3) is 22.6 Å². The van der Waals surface area contributed by atoms with E-state index in [2.05, 4.69) is 0 Å². The normalized spacial score (nSPS) is 14.6. The van der Waals surface area contributed by atoms with E-state index in [1.54, 1.807) is 29.9 Å². The van der Waals surface area contributed by atoms with Gasteiger partial charge in [0.25, 0.3) is 5.56 Å². The van der Waals surface area contributed by atoms with Crippen LogP contribution < -0.4 is 15.0 Å². The van der Waals surface area contributed by atoms with Crippen molar-refractivity contribution < 1.29 is 9.47 Å². The summed E-state index contributed by atoms with van der Waals surface area (Å²) in [6.07, 6.45) is 2.75. The van der Waals surface area contributed by atoms with E-state index in [1.807, 2.05) is 31.2 Å². The molecule has 0 saturated carbocycles. The first-order chi connectivity index (χ1) is 13.1. The molecule has 2 heterocycles. The van der Waals surface area contributed by atoms with Gasteiger partial charge in [-0.05, 0) is 49.3 Å². The van der Waals surface area contributed by atoms with E-state index in [4.69, 9.17) is 26.1 Å². The minimum atomic E-state index is -0.0593. The lowest BCUT2D eigenvalue weighted by atomic mass is 10.1. The van der Waals surface area contributed by atoms with Crippen LogP contribution in [-0.2, 0) is 6.54 Å². The molecule has 138 valence electrons. The van der Waals surface area contributed by atoms with Crippen molar-refractivity contribution in [3.8, 4) is 11.5 Å². The molecule has 2 aromatic carbocycles. The van der Waals surface area contributed by atoms with Crippen LogP contribution in [0.15, 0.2) is 41.2 Å². The second-order valence-corrected chi connectivity index (χ2v) is 6.72. The molecule has 0 saturated heterocycles. The number of hydrogen-bond donors (Lipinski definition) is 0. The summed E-state index contributed by atoms with van der Waals surface area (Å²) in [4.78, 5) is 17.5. The van der Waals surface area contributed by atoms with Crippen LogP contribution in [0.4, 0.5) is 0 Å². The molecular formula is C21H19ClN2O3. The van der Waals surface area contributed by atoms with Crippen molar-refractivity contribution in [1.29, 1.82) is 0 Å². The number of halogens is 1. The molecule has 0 radical (unpaired) electrons. The number of methoxy groups -OCH3 is 1. The molecule has 0 amide bonds. The number of rotatable bonds is 4. The maximum Gasteiger partial charge on any atom is 0.261 e. The number of fused-ring (bicyclic) bond motifs is 2. The molecule has 0 bridgehead atoms. The highest BCUT2D eigenvalue weighted by Crippen LogP contribution is 2.35. The molecule has 1 aliphatic rings. The van der Waals surface area contributed by atoms with Crippen LogP contribution in [-0.4, -0.2) is 23.3 Å². The van der Waals surface area contributed by atoms with Gasteiger partial charge in [-0.2, -0.15) is 0 Å². The van der Waals surface area contributed by atoms with Crippen LogP contribution in [0.2, 0.25) is 5.02 Å². The molecule has 1 aliphatic heterocycles. The van der Waals surface area contributed by atoms with Crippen molar-refractivity contribution >= 4 is 34.2 Å². The number of aromatic nitrogens is 2. The van der Waals surface area contributed by atoms with Crippen LogP contribution in [0.3, 0.4) is 0 Å². The average molecular weight is 383 g/mol. The van der Waals surface area contributed by atoms with Gasteiger partial charge in [0.15, 0.2) is 11.5 Å². The number of allylic oxidation sites excluding steroid dienone is 1. The Kier molecular flexibility index (Phi) is 4.62. The third-order valence-electron chi connectivity index (χ3n) is 4.65.